The summed E-state index contributed by atoms with van der Waals surface area (Å²) >= 11 is 0. The monoisotopic (exact) mass is 320 g/mol. The predicted octanol–water partition coefficient (Wildman–Crippen LogP) is 4.61. The van der Waals surface area contributed by atoms with Crippen LogP contribution in [0, 0.1) is 5.82 Å². The average Bonchev–Trinajstić information content (AvgIpc) is 3.09. The summed E-state index contributed by atoms with van der Waals surface area (Å²) in [5, 5.41) is 6.16. The SMILES string of the molecule is Fc1cccc(OCc2noc(-c3ccc4ccccc4c3)n2)c1. The Morgan fingerprint density at radius 2 is 1.79 bits per heavy atom. The van der Waals surface area contributed by atoms with Crippen molar-refractivity contribution in [3.05, 3.63) is 78.4 Å². The van der Waals surface area contributed by atoms with E-state index in [0.717, 1.165) is 16.3 Å². The van der Waals surface area contributed by atoms with Crippen LogP contribution in [0.2, 0.25) is 0 Å². The van der Waals surface area contributed by atoms with Gasteiger partial charge >= 0.3 is 0 Å². The number of fused-ring (bicyclic) bond motifs is 1. The van der Waals surface area contributed by atoms with Crippen LogP contribution in [-0.2, 0) is 6.61 Å². The van der Waals surface area contributed by atoms with Crippen LogP contribution in [0.5, 0.6) is 5.75 Å². The van der Waals surface area contributed by atoms with Gasteiger partial charge in [-0.2, -0.15) is 4.98 Å². The average molecular weight is 320 g/mol. The molecule has 0 aliphatic rings. The van der Waals surface area contributed by atoms with Gasteiger partial charge in [0.1, 0.15) is 11.6 Å². The highest BCUT2D eigenvalue weighted by atomic mass is 19.1. The number of aromatic nitrogens is 2. The molecule has 3 aromatic carbocycles. The summed E-state index contributed by atoms with van der Waals surface area (Å²) in [6, 6.07) is 19.9. The van der Waals surface area contributed by atoms with Gasteiger partial charge in [-0.25, -0.2) is 4.39 Å². The van der Waals surface area contributed by atoms with Crippen LogP contribution in [0.1, 0.15) is 5.82 Å². The summed E-state index contributed by atoms with van der Waals surface area (Å²) in [5.41, 5.74) is 0.846. The first-order valence-corrected chi connectivity index (χ1v) is 7.48. The second-order valence-electron chi connectivity index (χ2n) is 5.32. The van der Waals surface area contributed by atoms with Crippen molar-refractivity contribution in [2.75, 3.05) is 0 Å². The Hall–Kier alpha value is -3.21. The molecule has 1 heterocycles. The largest absolute Gasteiger partial charge is 0.485 e. The van der Waals surface area contributed by atoms with Crippen molar-refractivity contribution < 1.29 is 13.7 Å². The van der Waals surface area contributed by atoms with Crippen LogP contribution in [0.4, 0.5) is 4.39 Å². The number of hydrogen-bond donors (Lipinski definition) is 0. The van der Waals surface area contributed by atoms with Gasteiger partial charge in [-0.3, -0.25) is 0 Å². The van der Waals surface area contributed by atoms with Crippen LogP contribution in [0.25, 0.3) is 22.2 Å². The van der Waals surface area contributed by atoms with Gasteiger partial charge in [0.05, 0.1) is 0 Å². The van der Waals surface area contributed by atoms with Crippen LogP contribution < -0.4 is 4.74 Å². The maximum absolute atomic E-state index is 13.1. The molecule has 0 atom stereocenters. The molecule has 0 aliphatic heterocycles. The fourth-order valence-corrected chi connectivity index (χ4v) is 2.46. The molecule has 0 saturated carbocycles. The maximum Gasteiger partial charge on any atom is 0.258 e. The van der Waals surface area contributed by atoms with Gasteiger partial charge in [0.2, 0.25) is 5.82 Å². The normalized spacial score (nSPS) is 10.9. The molecule has 0 unspecified atom stereocenters. The standard InChI is InChI=1S/C19H13FN2O2/c20-16-6-3-7-17(11-16)23-12-18-21-19(24-22-18)15-9-8-13-4-1-2-5-14(13)10-15/h1-11H,12H2. The van der Waals surface area contributed by atoms with Crippen molar-refractivity contribution in [2.24, 2.45) is 0 Å². The number of rotatable bonds is 4. The van der Waals surface area contributed by atoms with E-state index >= 15 is 0 Å². The third-order valence-corrected chi connectivity index (χ3v) is 3.63. The second-order valence-corrected chi connectivity index (χ2v) is 5.32. The van der Waals surface area contributed by atoms with E-state index in [-0.39, 0.29) is 12.4 Å². The van der Waals surface area contributed by atoms with Crippen LogP contribution in [-0.4, -0.2) is 10.1 Å². The third kappa shape index (κ3) is 2.96. The van der Waals surface area contributed by atoms with E-state index < -0.39 is 0 Å². The molecule has 0 saturated heterocycles. The number of benzene rings is 3. The maximum atomic E-state index is 13.1. The topological polar surface area (TPSA) is 48.2 Å². The fourth-order valence-electron chi connectivity index (χ4n) is 2.46. The molecule has 0 amide bonds. The first-order chi connectivity index (χ1) is 11.8. The minimum atomic E-state index is -0.350. The van der Waals surface area contributed by atoms with Gasteiger partial charge in [-0.05, 0) is 35.0 Å². The van der Waals surface area contributed by atoms with E-state index in [9.17, 15) is 4.39 Å². The lowest BCUT2D eigenvalue weighted by atomic mass is 10.1. The molecule has 0 radical (unpaired) electrons. The van der Waals surface area contributed by atoms with E-state index in [1.807, 2.05) is 42.5 Å². The number of halogens is 1. The Bertz CT molecular complexity index is 997. The van der Waals surface area contributed by atoms with Crippen molar-refractivity contribution >= 4 is 10.8 Å². The number of nitrogens with zero attached hydrogens (tertiary/aromatic N) is 2. The molecule has 0 spiro atoms. The first kappa shape index (κ1) is 14.4. The molecule has 5 heteroatoms. The summed E-state index contributed by atoms with van der Waals surface area (Å²) in [7, 11) is 0. The van der Waals surface area contributed by atoms with E-state index in [1.54, 1.807) is 12.1 Å². The molecule has 0 N–H and O–H groups in total. The van der Waals surface area contributed by atoms with Crippen molar-refractivity contribution in [2.45, 2.75) is 6.61 Å². The molecule has 1 aromatic heterocycles. The van der Waals surface area contributed by atoms with Crippen LogP contribution in [0.15, 0.2) is 71.3 Å². The summed E-state index contributed by atoms with van der Waals surface area (Å²) < 4.78 is 23.9. The minimum absolute atomic E-state index is 0.112. The molecular formula is C19H13FN2O2. The second kappa shape index (κ2) is 6.12. The third-order valence-electron chi connectivity index (χ3n) is 3.63. The Morgan fingerprint density at radius 3 is 2.67 bits per heavy atom. The molecular weight excluding hydrogens is 307 g/mol. The van der Waals surface area contributed by atoms with Gasteiger partial charge in [0.25, 0.3) is 5.89 Å². The minimum Gasteiger partial charge on any atom is -0.485 e. The zero-order chi connectivity index (χ0) is 16.4. The summed E-state index contributed by atoms with van der Waals surface area (Å²) in [4.78, 5) is 4.33. The lowest BCUT2D eigenvalue weighted by Gasteiger charge is -2.02. The lowest BCUT2D eigenvalue weighted by molar-refractivity contribution is 0.286. The molecule has 0 fully saturated rings. The molecule has 4 aromatic rings. The van der Waals surface area contributed by atoms with E-state index in [2.05, 4.69) is 10.1 Å². The molecule has 0 bridgehead atoms. The van der Waals surface area contributed by atoms with E-state index in [4.69, 9.17) is 9.26 Å². The Labute approximate surface area is 137 Å². The Balaban J connectivity index is 1.53. The van der Waals surface area contributed by atoms with Crippen LogP contribution >= 0.6 is 0 Å². The molecule has 0 aliphatic carbocycles. The van der Waals surface area contributed by atoms with Crippen LogP contribution in [0.3, 0.4) is 0 Å². The number of ether oxygens (including phenoxy) is 1. The van der Waals surface area contributed by atoms with Crippen molar-refractivity contribution in [1.29, 1.82) is 0 Å². The Morgan fingerprint density at radius 1 is 0.917 bits per heavy atom. The Kier molecular flexibility index (Phi) is 3.67. The molecule has 4 nitrogen and oxygen atoms in total. The summed E-state index contributed by atoms with van der Waals surface area (Å²) in [6.45, 7) is 0.112. The predicted molar refractivity (Wildman–Crippen MR) is 88.0 cm³/mol. The summed E-state index contributed by atoms with van der Waals surface area (Å²) in [5.74, 6) is 0.908. The highest BCUT2D eigenvalue weighted by Gasteiger charge is 2.10. The van der Waals surface area contributed by atoms with Gasteiger partial charge in [-0.15, -0.1) is 0 Å². The summed E-state index contributed by atoms with van der Waals surface area (Å²) in [6.07, 6.45) is 0. The first-order valence-electron chi connectivity index (χ1n) is 7.48. The van der Waals surface area contributed by atoms with Crippen molar-refractivity contribution in [3.8, 4) is 17.2 Å². The van der Waals surface area contributed by atoms with Crippen molar-refractivity contribution in [3.63, 3.8) is 0 Å². The van der Waals surface area contributed by atoms with Gasteiger partial charge in [-0.1, -0.05) is 41.6 Å². The van der Waals surface area contributed by atoms with E-state index in [0.29, 0.717) is 17.5 Å². The van der Waals surface area contributed by atoms with Crippen molar-refractivity contribution in [1.82, 2.24) is 10.1 Å². The zero-order valence-corrected chi connectivity index (χ0v) is 12.6. The smallest absolute Gasteiger partial charge is 0.258 e. The number of hydrogen-bond acceptors (Lipinski definition) is 4. The molecule has 4 rings (SSSR count). The van der Waals surface area contributed by atoms with Gasteiger partial charge in [0, 0.05) is 11.6 Å². The van der Waals surface area contributed by atoms with E-state index in [1.165, 1.54) is 12.1 Å². The zero-order valence-electron chi connectivity index (χ0n) is 12.6. The van der Waals surface area contributed by atoms with Gasteiger partial charge < -0.3 is 9.26 Å². The van der Waals surface area contributed by atoms with Gasteiger partial charge in [0.15, 0.2) is 6.61 Å². The highest BCUT2D eigenvalue weighted by Crippen LogP contribution is 2.23. The highest BCUT2D eigenvalue weighted by molar-refractivity contribution is 5.86. The quantitative estimate of drug-likeness (QED) is 0.551. The fraction of sp³-hybridized carbons (Fsp3) is 0.0526. The lowest BCUT2D eigenvalue weighted by Crippen LogP contribution is -1.97. The molecule has 118 valence electrons. The molecule has 24 heavy (non-hydrogen) atoms.